The van der Waals surface area contributed by atoms with E-state index < -0.39 is 0 Å². The van der Waals surface area contributed by atoms with E-state index >= 15 is 0 Å². The van der Waals surface area contributed by atoms with Gasteiger partial charge >= 0.3 is 5.97 Å². The molecule has 1 N–H and O–H groups in total. The van der Waals surface area contributed by atoms with Gasteiger partial charge in [0.15, 0.2) is 11.0 Å². The SMILES string of the molecule is CCOC(=O)C(CC)Sc1nc2c(n1Cc1cccc(Br)c1)C(CCC=O)NC(CCC=O)N2C. The van der Waals surface area contributed by atoms with Crippen LogP contribution in [0.5, 0.6) is 0 Å². The second-order valence-electron chi connectivity index (χ2n) is 8.42. The smallest absolute Gasteiger partial charge is 0.319 e. The van der Waals surface area contributed by atoms with Crippen LogP contribution >= 0.6 is 27.7 Å². The summed E-state index contributed by atoms with van der Waals surface area (Å²) in [6, 6.07) is 7.99. The van der Waals surface area contributed by atoms with E-state index in [1.807, 2.05) is 26.1 Å². The molecular formula is C25H33BrN4O4S. The molecule has 10 heteroatoms. The Morgan fingerprint density at radius 2 is 2.00 bits per heavy atom. The first-order valence-corrected chi connectivity index (χ1v) is 13.6. The summed E-state index contributed by atoms with van der Waals surface area (Å²) in [5.74, 6) is 0.564. The van der Waals surface area contributed by atoms with E-state index in [0.717, 1.165) is 39.3 Å². The van der Waals surface area contributed by atoms with Crippen molar-refractivity contribution in [1.82, 2.24) is 14.9 Å². The van der Waals surface area contributed by atoms with Crippen LogP contribution in [0.25, 0.3) is 0 Å². The van der Waals surface area contributed by atoms with Crippen molar-refractivity contribution in [3.05, 3.63) is 40.0 Å². The number of imidazole rings is 1. The maximum atomic E-state index is 12.6. The fraction of sp³-hybridized carbons (Fsp3) is 0.520. The fourth-order valence-electron chi connectivity index (χ4n) is 4.28. The second-order valence-corrected chi connectivity index (χ2v) is 10.5. The van der Waals surface area contributed by atoms with Crippen LogP contribution in [0.1, 0.15) is 63.3 Å². The van der Waals surface area contributed by atoms with Crippen molar-refractivity contribution < 1.29 is 19.1 Å². The summed E-state index contributed by atoms with van der Waals surface area (Å²) in [6.07, 6.45) is 4.48. The van der Waals surface area contributed by atoms with Gasteiger partial charge < -0.3 is 23.8 Å². The molecule has 0 radical (unpaired) electrons. The van der Waals surface area contributed by atoms with Crippen molar-refractivity contribution in [1.29, 1.82) is 0 Å². The topological polar surface area (TPSA) is 93.5 Å². The van der Waals surface area contributed by atoms with E-state index in [4.69, 9.17) is 9.72 Å². The minimum Gasteiger partial charge on any atom is -0.465 e. The number of hydrogen-bond donors (Lipinski definition) is 1. The van der Waals surface area contributed by atoms with E-state index in [0.29, 0.717) is 45.3 Å². The number of nitrogens with zero attached hydrogens (tertiary/aromatic N) is 3. The number of aldehydes is 2. The molecule has 1 aromatic heterocycles. The van der Waals surface area contributed by atoms with Crippen LogP contribution in [-0.4, -0.2) is 53.2 Å². The first-order valence-electron chi connectivity index (χ1n) is 12.0. The summed E-state index contributed by atoms with van der Waals surface area (Å²) in [4.78, 5) is 42.0. The molecular weight excluding hydrogens is 532 g/mol. The minimum atomic E-state index is -0.377. The number of rotatable bonds is 13. The van der Waals surface area contributed by atoms with Crippen molar-refractivity contribution in [2.45, 2.75) is 75.1 Å². The number of esters is 1. The Labute approximate surface area is 219 Å². The second kappa shape index (κ2) is 13.2. The number of fused-ring (bicyclic) bond motifs is 1. The molecule has 3 rings (SSSR count). The summed E-state index contributed by atoms with van der Waals surface area (Å²) in [7, 11) is 1.96. The Balaban J connectivity index is 2.09. The molecule has 2 heterocycles. The number of benzene rings is 1. The Morgan fingerprint density at radius 1 is 1.26 bits per heavy atom. The number of anilines is 1. The highest BCUT2D eigenvalue weighted by atomic mass is 79.9. The van der Waals surface area contributed by atoms with Crippen molar-refractivity contribution >= 4 is 52.1 Å². The molecule has 1 aliphatic heterocycles. The van der Waals surface area contributed by atoms with Crippen molar-refractivity contribution in [2.24, 2.45) is 0 Å². The van der Waals surface area contributed by atoms with Crippen molar-refractivity contribution in [2.75, 3.05) is 18.6 Å². The number of carbonyl (C=O) groups is 3. The maximum absolute atomic E-state index is 12.6. The predicted octanol–water partition coefficient (Wildman–Crippen LogP) is 4.49. The van der Waals surface area contributed by atoms with Crippen LogP contribution in [0.2, 0.25) is 0 Å². The van der Waals surface area contributed by atoms with Crippen LogP contribution in [0.3, 0.4) is 0 Å². The molecule has 3 unspecified atom stereocenters. The predicted molar refractivity (Wildman–Crippen MR) is 141 cm³/mol. The number of aromatic nitrogens is 2. The third-order valence-corrected chi connectivity index (χ3v) is 7.83. The average Bonchev–Trinajstić information content (AvgIpc) is 3.20. The molecule has 8 nitrogen and oxygen atoms in total. The lowest BCUT2D eigenvalue weighted by Crippen LogP contribution is -2.50. The van der Waals surface area contributed by atoms with Crippen LogP contribution in [0.15, 0.2) is 33.9 Å². The van der Waals surface area contributed by atoms with Gasteiger partial charge in [0.2, 0.25) is 0 Å². The van der Waals surface area contributed by atoms with Crippen LogP contribution in [0.4, 0.5) is 5.82 Å². The standard InChI is InChI=1S/C25H33BrN4O4S/c1-4-20(24(33)34-5-2)35-25-28-23-22(30(25)16-17-9-6-10-18(26)15-17)19(11-7-13-31)27-21(29(23)3)12-8-14-32/h6,9-10,13-15,19-21,27H,4-5,7-8,11-12,16H2,1-3H3. The normalized spacial score (nSPS) is 18.1. The number of hydrogen-bond acceptors (Lipinski definition) is 8. The zero-order valence-corrected chi connectivity index (χ0v) is 22.8. The van der Waals surface area contributed by atoms with Gasteiger partial charge in [-0.05, 0) is 43.9 Å². The molecule has 0 fully saturated rings. The fourth-order valence-corrected chi connectivity index (χ4v) is 5.75. The number of carbonyl (C=O) groups excluding carboxylic acids is 3. The average molecular weight is 566 g/mol. The van der Waals surface area contributed by atoms with Gasteiger partial charge in [-0.15, -0.1) is 0 Å². The molecule has 190 valence electrons. The highest BCUT2D eigenvalue weighted by Crippen LogP contribution is 2.40. The van der Waals surface area contributed by atoms with Gasteiger partial charge in [0.05, 0.1) is 24.5 Å². The molecule has 0 spiro atoms. The van der Waals surface area contributed by atoms with E-state index in [2.05, 4.69) is 42.8 Å². The lowest BCUT2D eigenvalue weighted by Gasteiger charge is -2.39. The summed E-state index contributed by atoms with van der Waals surface area (Å²) in [5.41, 5.74) is 2.07. The molecule has 0 saturated carbocycles. The molecule has 35 heavy (non-hydrogen) atoms. The third-order valence-electron chi connectivity index (χ3n) is 6.01. The molecule has 0 saturated heterocycles. The summed E-state index contributed by atoms with van der Waals surface area (Å²) < 4.78 is 8.44. The molecule has 1 aromatic carbocycles. The number of ether oxygens (including phenoxy) is 1. The highest BCUT2D eigenvalue weighted by molar-refractivity contribution is 9.10. The molecule has 0 bridgehead atoms. The van der Waals surface area contributed by atoms with Gasteiger partial charge in [0.1, 0.15) is 17.8 Å². The minimum absolute atomic E-state index is 0.0801. The van der Waals surface area contributed by atoms with Gasteiger partial charge in [-0.25, -0.2) is 4.98 Å². The monoisotopic (exact) mass is 564 g/mol. The number of halogens is 1. The third kappa shape index (κ3) is 6.74. The number of thioether (sulfide) groups is 1. The summed E-state index contributed by atoms with van der Waals surface area (Å²) in [5, 5.41) is 3.98. The summed E-state index contributed by atoms with van der Waals surface area (Å²) in [6.45, 7) is 4.67. The van der Waals surface area contributed by atoms with Gasteiger partial charge in [-0.3, -0.25) is 10.1 Å². The lowest BCUT2D eigenvalue weighted by molar-refractivity contribution is -0.142. The van der Waals surface area contributed by atoms with E-state index in [1.165, 1.54) is 11.8 Å². The van der Waals surface area contributed by atoms with Crippen molar-refractivity contribution in [3.8, 4) is 0 Å². The molecule has 3 atom stereocenters. The Hall–Kier alpha value is -2.17. The van der Waals surface area contributed by atoms with E-state index in [9.17, 15) is 14.4 Å². The van der Waals surface area contributed by atoms with Crippen LogP contribution in [-0.2, 0) is 25.7 Å². The Morgan fingerprint density at radius 3 is 2.66 bits per heavy atom. The summed E-state index contributed by atoms with van der Waals surface area (Å²) >= 11 is 4.97. The lowest BCUT2D eigenvalue weighted by atomic mass is 10.0. The Bertz CT molecular complexity index is 1030. The molecule has 2 aromatic rings. The molecule has 0 amide bonds. The molecule has 0 aliphatic carbocycles. The van der Waals surface area contributed by atoms with E-state index in [-0.39, 0.29) is 23.4 Å². The van der Waals surface area contributed by atoms with Gasteiger partial charge in [0, 0.05) is 30.9 Å². The zero-order valence-electron chi connectivity index (χ0n) is 20.4. The van der Waals surface area contributed by atoms with E-state index in [1.54, 1.807) is 6.92 Å². The van der Waals surface area contributed by atoms with Crippen LogP contribution in [0, 0.1) is 0 Å². The largest absolute Gasteiger partial charge is 0.465 e. The number of nitrogens with one attached hydrogen (secondary N) is 1. The van der Waals surface area contributed by atoms with Gasteiger partial charge in [-0.2, -0.15) is 0 Å². The quantitative estimate of drug-likeness (QED) is 0.216. The van der Waals surface area contributed by atoms with Crippen molar-refractivity contribution in [3.63, 3.8) is 0 Å². The maximum Gasteiger partial charge on any atom is 0.319 e. The van der Waals surface area contributed by atoms with Crippen LogP contribution < -0.4 is 10.2 Å². The van der Waals surface area contributed by atoms with Gasteiger partial charge in [-0.1, -0.05) is 46.7 Å². The van der Waals surface area contributed by atoms with Gasteiger partial charge in [0.25, 0.3) is 0 Å². The first-order chi connectivity index (χ1) is 16.9. The zero-order chi connectivity index (χ0) is 25.4. The first kappa shape index (κ1) is 27.4. The highest BCUT2D eigenvalue weighted by Gasteiger charge is 2.36. The Kier molecular flexibility index (Phi) is 10.4. The molecule has 1 aliphatic rings.